The Morgan fingerprint density at radius 1 is 1.37 bits per heavy atom. The van der Waals surface area contributed by atoms with Crippen molar-refractivity contribution in [2.24, 2.45) is 0 Å². The second kappa shape index (κ2) is 5.38. The number of esters is 1. The monoisotopic (exact) mass is 265 g/mol. The van der Waals surface area contributed by atoms with Gasteiger partial charge in [-0.05, 0) is 30.7 Å². The van der Waals surface area contributed by atoms with Crippen molar-refractivity contribution in [3.05, 3.63) is 29.8 Å². The van der Waals surface area contributed by atoms with Crippen LogP contribution in [0, 0.1) is 0 Å². The first-order valence-electron chi connectivity index (χ1n) is 5.91. The Balaban J connectivity index is 2.25. The second-order valence-corrected chi connectivity index (χ2v) is 4.32. The van der Waals surface area contributed by atoms with Crippen molar-refractivity contribution in [1.82, 2.24) is 0 Å². The molecule has 0 aromatic heterocycles. The van der Waals surface area contributed by atoms with E-state index in [9.17, 15) is 19.8 Å². The van der Waals surface area contributed by atoms with Crippen LogP contribution in [0.1, 0.15) is 23.2 Å². The fraction of sp³-hybridized carbons (Fsp3) is 0.385. The number of aliphatic hydroxyl groups excluding tert-OH is 1. The predicted molar refractivity (Wildman–Crippen MR) is 66.5 cm³/mol. The number of hydrogen-bond donors (Lipinski definition) is 2. The summed E-state index contributed by atoms with van der Waals surface area (Å²) in [5.41, 5.74) is 0.909. The molecule has 6 heteroatoms. The smallest absolute Gasteiger partial charge is 0.337 e. The van der Waals surface area contributed by atoms with E-state index in [0.717, 1.165) is 0 Å². The summed E-state index contributed by atoms with van der Waals surface area (Å²) in [7, 11) is 1.29. The van der Waals surface area contributed by atoms with Crippen LogP contribution in [0.5, 0.6) is 0 Å². The summed E-state index contributed by atoms with van der Waals surface area (Å²) in [5, 5.41) is 18.5. The molecular formula is C13H15NO5. The molecule has 1 atom stereocenters. The molecular weight excluding hydrogens is 250 g/mol. The zero-order valence-electron chi connectivity index (χ0n) is 10.4. The Morgan fingerprint density at radius 3 is 2.53 bits per heavy atom. The summed E-state index contributed by atoms with van der Waals surface area (Å²) in [6.45, 7) is 0. The summed E-state index contributed by atoms with van der Waals surface area (Å²) in [6, 6.07) is 5.60. The van der Waals surface area contributed by atoms with E-state index in [1.165, 1.54) is 24.1 Å². The normalized spacial score (nSPS) is 19.1. The van der Waals surface area contributed by atoms with Gasteiger partial charge >= 0.3 is 5.97 Å². The molecule has 0 aliphatic carbocycles. The van der Waals surface area contributed by atoms with Crippen molar-refractivity contribution in [3.63, 3.8) is 0 Å². The van der Waals surface area contributed by atoms with Gasteiger partial charge in [0.25, 0.3) is 0 Å². The zero-order valence-corrected chi connectivity index (χ0v) is 10.4. The topological polar surface area (TPSA) is 87.1 Å². The lowest BCUT2D eigenvalue weighted by Gasteiger charge is -2.26. The molecule has 0 saturated carbocycles. The number of nitrogens with zero attached hydrogens (tertiary/aromatic N) is 1. The average molecular weight is 265 g/mol. The van der Waals surface area contributed by atoms with Crippen molar-refractivity contribution in [1.29, 1.82) is 0 Å². The lowest BCUT2D eigenvalue weighted by Crippen LogP contribution is -2.41. The number of benzene rings is 1. The maximum atomic E-state index is 11.8. The van der Waals surface area contributed by atoms with E-state index in [1.807, 2.05) is 0 Å². The number of carbonyl (C=O) groups excluding carboxylic acids is 2. The van der Waals surface area contributed by atoms with Crippen LogP contribution < -0.4 is 4.90 Å². The highest BCUT2D eigenvalue weighted by molar-refractivity contribution is 5.97. The zero-order chi connectivity index (χ0) is 14.0. The Morgan fingerprint density at radius 2 is 2.00 bits per heavy atom. The molecule has 1 aromatic carbocycles. The van der Waals surface area contributed by atoms with Gasteiger partial charge in [0.15, 0.2) is 6.29 Å². The summed E-state index contributed by atoms with van der Waals surface area (Å²) >= 11 is 0. The van der Waals surface area contributed by atoms with Crippen molar-refractivity contribution >= 4 is 17.6 Å². The number of methoxy groups -OCH3 is 1. The predicted octanol–water partition coefficient (Wildman–Crippen LogP) is 0.279. The molecule has 1 aromatic rings. The SMILES string of the molecule is COC(=O)c1ccc(N2C(=O)CC[C@H]2C(O)O)cc1. The molecule has 0 radical (unpaired) electrons. The van der Waals surface area contributed by atoms with Crippen LogP contribution in [0.4, 0.5) is 5.69 Å². The maximum Gasteiger partial charge on any atom is 0.337 e. The van der Waals surface area contributed by atoms with Crippen molar-refractivity contribution in [3.8, 4) is 0 Å². The Hall–Kier alpha value is -1.92. The van der Waals surface area contributed by atoms with Crippen LogP contribution in [0.2, 0.25) is 0 Å². The van der Waals surface area contributed by atoms with Crippen LogP contribution in [0.3, 0.4) is 0 Å². The second-order valence-electron chi connectivity index (χ2n) is 4.32. The number of hydrogen-bond acceptors (Lipinski definition) is 5. The molecule has 2 N–H and O–H groups in total. The fourth-order valence-electron chi connectivity index (χ4n) is 2.20. The van der Waals surface area contributed by atoms with Crippen LogP contribution >= 0.6 is 0 Å². The van der Waals surface area contributed by atoms with E-state index in [4.69, 9.17) is 0 Å². The van der Waals surface area contributed by atoms with Gasteiger partial charge in [-0.3, -0.25) is 4.79 Å². The highest BCUT2D eigenvalue weighted by atomic mass is 16.5. The fourth-order valence-corrected chi connectivity index (χ4v) is 2.20. The number of aliphatic hydroxyl groups is 2. The Kier molecular flexibility index (Phi) is 3.82. The third-order valence-electron chi connectivity index (χ3n) is 3.17. The van der Waals surface area contributed by atoms with Gasteiger partial charge < -0.3 is 19.8 Å². The quantitative estimate of drug-likeness (QED) is 0.605. The molecule has 1 fully saturated rings. The van der Waals surface area contributed by atoms with E-state index >= 15 is 0 Å². The van der Waals surface area contributed by atoms with Gasteiger partial charge in [0, 0.05) is 12.1 Å². The molecule has 1 aliphatic rings. The van der Waals surface area contributed by atoms with Gasteiger partial charge in [0.05, 0.1) is 18.7 Å². The van der Waals surface area contributed by atoms with E-state index in [1.54, 1.807) is 12.1 Å². The number of ether oxygens (including phenoxy) is 1. The first-order chi connectivity index (χ1) is 9.04. The largest absolute Gasteiger partial charge is 0.465 e. The lowest BCUT2D eigenvalue weighted by atomic mass is 10.1. The van der Waals surface area contributed by atoms with Crippen LogP contribution in [0.15, 0.2) is 24.3 Å². The minimum Gasteiger partial charge on any atom is -0.465 e. The third kappa shape index (κ3) is 2.59. The van der Waals surface area contributed by atoms with Crippen molar-refractivity contribution in [2.75, 3.05) is 12.0 Å². The third-order valence-corrected chi connectivity index (χ3v) is 3.17. The lowest BCUT2D eigenvalue weighted by molar-refractivity contribution is -0.118. The van der Waals surface area contributed by atoms with Gasteiger partial charge in [-0.25, -0.2) is 4.79 Å². The van der Waals surface area contributed by atoms with Gasteiger partial charge in [-0.1, -0.05) is 0 Å². The van der Waals surface area contributed by atoms with Gasteiger partial charge in [-0.15, -0.1) is 0 Å². The molecule has 1 aliphatic heterocycles. The van der Waals surface area contributed by atoms with E-state index < -0.39 is 18.3 Å². The number of amides is 1. The van der Waals surface area contributed by atoms with E-state index in [0.29, 0.717) is 17.7 Å². The number of rotatable bonds is 3. The number of anilines is 1. The highest BCUT2D eigenvalue weighted by Gasteiger charge is 2.36. The van der Waals surface area contributed by atoms with E-state index in [-0.39, 0.29) is 12.3 Å². The first-order valence-corrected chi connectivity index (χ1v) is 5.91. The minimum absolute atomic E-state index is 0.163. The summed E-state index contributed by atoms with van der Waals surface area (Å²) in [5.74, 6) is -0.623. The molecule has 1 saturated heterocycles. The molecule has 0 spiro atoms. The van der Waals surface area contributed by atoms with Crippen LogP contribution in [-0.4, -0.2) is 41.5 Å². The van der Waals surface area contributed by atoms with Crippen LogP contribution in [0.25, 0.3) is 0 Å². The molecule has 6 nitrogen and oxygen atoms in total. The molecule has 1 heterocycles. The maximum absolute atomic E-state index is 11.8. The molecule has 2 rings (SSSR count). The standard InChI is InChI=1S/C13H15NO5/c1-19-13(18)8-2-4-9(5-3-8)14-10(12(16)17)6-7-11(14)15/h2-5,10,12,16-17H,6-7H2,1H3/t10-/m0/s1. The average Bonchev–Trinajstić information content (AvgIpc) is 2.80. The molecule has 1 amide bonds. The Bertz CT molecular complexity index is 482. The summed E-state index contributed by atoms with van der Waals surface area (Å²) in [4.78, 5) is 24.4. The van der Waals surface area contributed by atoms with Gasteiger partial charge in [-0.2, -0.15) is 0 Å². The summed E-state index contributed by atoms with van der Waals surface area (Å²) in [6.07, 6.45) is -0.900. The highest BCUT2D eigenvalue weighted by Crippen LogP contribution is 2.28. The Labute approximate surface area is 110 Å². The minimum atomic E-state index is -1.58. The van der Waals surface area contributed by atoms with Gasteiger partial charge in [0.2, 0.25) is 5.91 Å². The summed E-state index contributed by atoms with van der Waals surface area (Å²) < 4.78 is 4.58. The molecule has 19 heavy (non-hydrogen) atoms. The molecule has 102 valence electrons. The van der Waals surface area contributed by atoms with Gasteiger partial charge in [0.1, 0.15) is 0 Å². The van der Waals surface area contributed by atoms with Crippen LogP contribution in [-0.2, 0) is 9.53 Å². The van der Waals surface area contributed by atoms with Crippen molar-refractivity contribution in [2.45, 2.75) is 25.2 Å². The number of carbonyl (C=O) groups is 2. The molecule has 0 bridgehead atoms. The van der Waals surface area contributed by atoms with Crippen molar-refractivity contribution < 1.29 is 24.5 Å². The molecule has 0 unspecified atom stereocenters. The first kappa shape index (κ1) is 13.5. The van der Waals surface area contributed by atoms with E-state index in [2.05, 4.69) is 4.74 Å².